The highest BCUT2D eigenvalue weighted by Crippen LogP contribution is 2.29. The molecule has 20 heavy (non-hydrogen) atoms. The molecule has 0 amide bonds. The first-order valence-electron chi connectivity index (χ1n) is 6.76. The van der Waals surface area contributed by atoms with Gasteiger partial charge in [-0.15, -0.1) is 0 Å². The Bertz CT molecular complexity index is 569. The lowest BCUT2D eigenvalue weighted by Crippen LogP contribution is -2.30. The molecule has 4 nitrogen and oxygen atoms in total. The third-order valence-electron chi connectivity index (χ3n) is 2.99. The summed E-state index contributed by atoms with van der Waals surface area (Å²) >= 11 is 0. The van der Waals surface area contributed by atoms with Crippen LogP contribution in [-0.4, -0.2) is 11.1 Å². The maximum absolute atomic E-state index is 5.86. The van der Waals surface area contributed by atoms with Gasteiger partial charge in [0.15, 0.2) is 0 Å². The van der Waals surface area contributed by atoms with Crippen molar-refractivity contribution in [2.75, 3.05) is 0 Å². The van der Waals surface area contributed by atoms with Crippen LogP contribution in [0.2, 0.25) is 0 Å². The minimum Gasteiger partial charge on any atom is -0.491 e. The SMILES string of the molecule is Cc1ccnc(C(NN)c2ccccc2OC(C)C)c1. The predicted molar refractivity (Wildman–Crippen MR) is 80.3 cm³/mol. The second kappa shape index (κ2) is 6.50. The summed E-state index contributed by atoms with van der Waals surface area (Å²) in [6, 6.07) is 11.7. The number of ether oxygens (including phenoxy) is 1. The number of nitrogens with zero attached hydrogens (tertiary/aromatic N) is 1. The molecular weight excluding hydrogens is 250 g/mol. The number of hydrogen-bond acceptors (Lipinski definition) is 4. The minimum absolute atomic E-state index is 0.111. The molecule has 2 aromatic rings. The molecule has 0 bridgehead atoms. The number of para-hydroxylation sites is 1. The van der Waals surface area contributed by atoms with Crippen molar-refractivity contribution in [2.45, 2.75) is 32.9 Å². The zero-order valence-corrected chi connectivity index (χ0v) is 12.1. The van der Waals surface area contributed by atoms with Crippen LogP contribution in [0.3, 0.4) is 0 Å². The van der Waals surface area contributed by atoms with E-state index in [2.05, 4.69) is 10.4 Å². The number of nitrogens with two attached hydrogens (primary N) is 1. The molecule has 0 aliphatic heterocycles. The molecule has 3 N–H and O–H groups in total. The van der Waals surface area contributed by atoms with Crippen molar-refractivity contribution in [3.8, 4) is 5.75 Å². The molecule has 0 aliphatic carbocycles. The topological polar surface area (TPSA) is 60.2 Å². The molecule has 0 saturated carbocycles. The lowest BCUT2D eigenvalue weighted by molar-refractivity contribution is 0.238. The van der Waals surface area contributed by atoms with Gasteiger partial charge in [0.05, 0.1) is 17.8 Å². The van der Waals surface area contributed by atoms with Gasteiger partial charge < -0.3 is 4.74 Å². The summed E-state index contributed by atoms with van der Waals surface area (Å²) in [6.07, 6.45) is 1.90. The fourth-order valence-corrected chi connectivity index (χ4v) is 2.13. The lowest BCUT2D eigenvalue weighted by atomic mass is 10.0. The molecule has 106 valence electrons. The zero-order chi connectivity index (χ0) is 14.5. The van der Waals surface area contributed by atoms with Crippen LogP contribution in [0.5, 0.6) is 5.75 Å². The van der Waals surface area contributed by atoms with Crippen LogP contribution in [0.1, 0.15) is 36.7 Å². The molecule has 1 atom stereocenters. The van der Waals surface area contributed by atoms with E-state index in [-0.39, 0.29) is 12.1 Å². The Morgan fingerprint density at radius 1 is 1.20 bits per heavy atom. The minimum atomic E-state index is -0.190. The van der Waals surface area contributed by atoms with Gasteiger partial charge in [-0.2, -0.15) is 0 Å². The monoisotopic (exact) mass is 271 g/mol. The number of rotatable bonds is 5. The summed E-state index contributed by atoms with van der Waals surface area (Å²) in [5, 5.41) is 0. The Morgan fingerprint density at radius 2 is 1.95 bits per heavy atom. The molecule has 0 fully saturated rings. The molecular formula is C16H21N3O. The normalized spacial score (nSPS) is 12.4. The van der Waals surface area contributed by atoms with Gasteiger partial charge in [-0.3, -0.25) is 10.8 Å². The largest absolute Gasteiger partial charge is 0.491 e. The molecule has 1 unspecified atom stereocenters. The van der Waals surface area contributed by atoms with Crippen LogP contribution in [-0.2, 0) is 0 Å². The van der Waals surface area contributed by atoms with Crippen molar-refractivity contribution in [1.82, 2.24) is 10.4 Å². The number of hydrazine groups is 1. The van der Waals surface area contributed by atoms with Crippen molar-refractivity contribution in [3.63, 3.8) is 0 Å². The van der Waals surface area contributed by atoms with Gasteiger partial charge in [-0.05, 0) is 44.5 Å². The highest BCUT2D eigenvalue weighted by atomic mass is 16.5. The van der Waals surface area contributed by atoms with Gasteiger partial charge in [0.25, 0.3) is 0 Å². The van der Waals surface area contributed by atoms with Crippen LogP contribution in [0.25, 0.3) is 0 Å². The fourth-order valence-electron chi connectivity index (χ4n) is 2.13. The van der Waals surface area contributed by atoms with Gasteiger partial charge in [0.1, 0.15) is 5.75 Å². The molecule has 0 saturated heterocycles. The van der Waals surface area contributed by atoms with Crippen molar-refractivity contribution in [2.24, 2.45) is 5.84 Å². The van der Waals surface area contributed by atoms with E-state index in [9.17, 15) is 0 Å². The summed E-state index contributed by atoms with van der Waals surface area (Å²) in [6.45, 7) is 6.05. The van der Waals surface area contributed by atoms with E-state index in [1.165, 1.54) is 0 Å². The van der Waals surface area contributed by atoms with Crippen LogP contribution in [0.15, 0.2) is 42.6 Å². The van der Waals surface area contributed by atoms with Crippen molar-refractivity contribution >= 4 is 0 Å². The Balaban J connectivity index is 2.41. The van der Waals surface area contributed by atoms with Gasteiger partial charge in [0, 0.05) is 11.8 Å². The molecule has 0 spiro atoms. The van der Waals surface area contributed by atoms with E-state index in [1.54, 1.807) is 6.20 Å². The molecule has 1 heterocycles. The molecule has 2 rings (SSSR count). The van der Waals surface area contributed by atoms with E-state index in [0.29, 0.717) is 0 Å². The van der Waals surface area contributed by atoms with Crippen LogP contribution >= 0.6 is 0 Å². The summed E-state index contributed by atoms with van der Waals surface area (Å²) in [4.78, 5) is 4.41. The zero-order valence-electron chi connectivity index (χ0n) is 12.1. The van der Waals surface area contributed by atoms with E-state index in [1.807, 2.05) is 57.2 Å². The van der Waals surface area contributed by atoms with Crippen molar-refractivity contribution in [1.29, 1.82) is 0 Å². The number of nitrogens with one attached hydrogen (secondary N) is 1. The molecule has 4 heteroatoms. The van der Waals surface area contributed by atoms with Gasteiger partial charge in [-0.1, -0.05) is 18.2 Å². The molecule has 0 aliphatic rings. The number of pyridine rings is 1. The molecule has 0 radical (unpaired) electrons. The van der Waals surface area contributed by atoms with Crippen molar-refractivity contribution < 1.29 is 4.74 Å². The Morgan fingerprint density at radius 3 is 2.60 bits per heavy atom. The second-order valence-electron chi connectivity index (χ2n) is 5.06. The Labute approximate surface area is 120 Å². The highest BCUT2D eigenvalue weighted by molar-refractivity contribution is 5.40. The summed E-state index contributed by atoms with van der Waals surface area (Å²) in [5.74, 6) is 6.57. The summed E-state index contributed by atoms with van der Waals surface area (Å²) in [7, 11) is 0. The van der Waals surface area contributed by atoms with Crippen LogP contribution in [0.4, 0.5) is 0 Å². The third kappa shape index (κ3) is 3.35. The first-order valence-corrected chi connectivity index (χ1v) is 6.76. The Kier molecular flexibility index (Phi) is 4.71. The third-order valence-corrected chi connectivity index (χ3v) is 2.99. The number of aromatic nitrogens is 1. The quantitative estimate of drug-likeness (QED) is 0.648. The number of aryl methyl sites for hydroxylation is 1. The lowest BCUT2D eigenvalue weighted by Gasteiger charge is -2.21. The smallest absolute Gasteiger partial charge is 0.124 e. The summed E-state index contributed by atoms with van der Waals surface area (Å²) < 4.78 is 5.86. The van der Waals surface area contributed by atoms with Crippen LogP contribution < -0.4 is 16.0 Å². The molecule has 1 aromatic heterocycles. The average molecular weight is 271 g/mol. The first kappa shape index (κ1) is 14.5. The summed E-state index contributed by atoms with van der Waals surface area (Å²) in [5.41, 5.74) is 5.85. The number of benzene rings is 1. The molecule has 1 aromatic carbocycles. The van der Waals surface area contributed by atoms with E-state index >= 15 is 0 Å². The van der Waals surface area contributed by atoms with Gasteiger partial charge in [0.2, 0.25) is 0 Å². The van der Waals surface area contributed by atoms with Crippen LogP contribution in [0, 0.1) is 6.92 Å². The van der Waals surface area contributed by atoms with E-state index in [0.717, 1.165) is 22.6 Å². The average Bonchev–Trinajstić information content (AvgIpc) is 2.41. The number of hydrogen-bond donors (Lipinski definition) is 2. The Hall–Kier alpha value is -1.91. The van der Waals surface area contributed by atoms with Gasteiger partial charge >= 0.3 is 0 Å². The predicted octanol–water partition coefficient (Wildman–Crippen LogP) is 2.73. The van der Waals surface area contributed by atoms with Gasteiger partial charge in [-0.25, -0.2) is 5.43 Å². The second-order valence-corrected chi connectivity index (χ2v) is 5.06. The fraction of sp³-hybridized carbons (Fsp3) is 0.312. The van der Waals surface area contributed by atoms with E-state index < -0.39 is 0 Å². The maximum Gasteiger partial charge on any atom is 0.124 e. The highest BCUT2D eigenvalue weighted by Gasteiger charge is 2.18. The standard InChI is InChI=1S/C16H21N3O/c1-11(2)20-15-7-5-4-6-13(15)16(19-17)14-10-12(3)8-9-18-14/h4-11,16,19H,17H2,1-3H3. The van der Waals surface area contributed by atoms with Crippen molar-refractivity contribution in [3.05, 3.63) is 59.4 Å². The first-order chi connectivity index (χ1) is 9.61. The van der Waals surface area contributed by atoms with E-state index in [4.69, 9.17) is 10.6 Å². The maximum atomic E-state index is 5.86.